The monoisotopic (exact) mass is 445 g/mol. The SMILES string of the molecule is CCCCC#Cc1nc(Cl)c2nc(-c3cncs3)n(C3OCCC3OC(C)=O)c2n1. The first-order chi connectivity index (χ1) is 14.6. The van der Waals surface area contributed by atoms with Gasteiger partial charge >= 0.3 is 5.97 Å². The van der Waals surface area contributed by atoms with E-state index in [4.69, 9.17) is 21.1 Å². The predicted molar refractivity (Wildman–Crippen MR) is 113 cm³/mol. The highest BCUT2D eigenvalue weighted by Gasteiger charge is 2.36. The first kappa shape index (κ1) is 20.7. The van der Waals surface area contributed by atoms with Crippen LogP contribution in [0.2, 0.25) is 5.15 Å². The van der Waals surface area contributed by atoms with Gasteiger partial charge in [-0.05, 0) is 12.3 Å². The van der Waals surface area contributed by atoms with Crippen LogP contribution in [0.25, 0.3) is 21.9 Å². The van der Waals surface area contributed by atoms with Gasteiger partial charge in [0, 0.05) is 26.0 Å². The number of nitrogens with zero attached hydrogens (tertiary/aromatic N) is 5. The fourth-order valence-electron chi connectivity index (χ4n) is 3.27. The van der Waals surface area contributed by atoms with Gasteiger partial charge in [0.25, 0.3) is 0 Å². The number of ether oxygens (including phenoxy) is 2. The second-order valence-electron chi connectivity index (χ2n) is 6.78. The molecule has 4 rings (SSSR count). The first-order valence-corrected chi connectivity index (χ1v) is 11.0. The van der Waals surface area contributed by atoms with Gasteiger partial charge in [-0.3, -0.25) is 14.3 Å². The van der Waals surface area contributed by atoms with Crippen molar-refractivity contribution in [2.75, 3.05) is 6.61 Å². The maximum absolute atomic E-state index is 11.6. The van der Waals surface area contributed by atoms with E-state index in [1.807, 2.05) is 4.57 Å². The van der Waals surface area contributed by atoms with E-state index in [-0.39, 0.29) is 11.1 Å². The lowest BCUT2D eigenvalue weighted by Crippen LogP contribution is -2.25. The molecule has 2 atom stereocenters. The molecule has 0 radical (unpaired) electrons. The number of imidazole rings is 1. The minimum atomic E-state index is -0.581. The Morgan fingerprint density at radius 3 is 3.03 bits per heavy atom. The van der Waals surface area contributed by atoms with Crippen LogP contribution in [0, 0.1) is 11.8 Å². The van der Waals surface area contributed by atoms with Crippen molar-refractivity contribution < 1.29 is 14.3 Å². The van der Waals surface area contributed by atoms with E-state index in [2.05, 4.69) is 38.7 Å². The molecule has 3 aromatic heterocycles. The van der Waals surface area contributed by atoms with Crippen molar-refractivity contribution in [3.05, 3.63) is 22.7 Å². The molecule has 4 heterocycles. The van der Waals surface area contributed by atoms with Gasteiger partial charge in [-0.1, -0.05) is 30.9 Å². The van der Waals surface area contributed by atoms with E-state index < -0.39 is 12.3 Å². The molecule has 0 saturated carbocycles. The van der Waals surface area contributed by atoms with Crippen LogP contribution in [0.5, 0.6) is 0 Å². The molecule has 1 aliphatic rings. The number of thiazole rings is 1. The average molecular weight is 446 g/mol. The van der Waals surface area contributed by atoms with Crippen molar-refractivity contribution in [1.82, 2.24) is 24.5 Å². The molecule has 0 bridgehead atoms. The quantitative estimate of drug-likeness (QED) is 0.253. The molecule has 1 aliphatic heterocycles. The smallest absolute Gasteiger partial charge is 0.303 e. The molecule has 1 saturated heterocycles. The molecule has 0 N–H and O–H groups in total. The second kappa shape index (κ2) is 9.08. The van der Waals surface area contributed by atoms with Crippen LogP contribution in [0.4, 0.5) is 0 Å². The molecular weight excluding hydrogens is 426 g/mol. The number of aromatic nitrogens is 5. The number of rotatable bonds is 5. The van der Waals surface area contributed by atoms with Crippen molar-refractivity contribution in [3.63, 3.8) is 0 Å². The van der Waals surface area contributed by atoms with Gasteiger partial charge in [-0.15, -0.1) is 11.3 Å². The van der Waals surface area contributed by atoms with Crippen LogP contribution < -0.4 is 0 Å². The van der Waals surface area contributed by atoms with Crippen molar-refractivity contribution in [3.8, 4) is 22.5 Å². The van der Waals surface area contributed by atoms with Crippen LogP contribution in [-0.2, 0) is 14.3 Å². The summed E-state index contributed by atoms with van der Waals surface area (Å²) in [5, 5.41) is 0.214. The number of hydrogen-bond acceptors (Lipinski definition) is 8. The Balaban J connectivity index is 1.86. The summed E-state index contributed by atoms with van der Waals surface area (Å²) in [4.78, 5) is 30.1. The maximum Gasteiger partial charge on any atom is 0.303 e. The van der Waals surface area contributed by atoms with Gasteiger partial charge in [0.1, 0.15) is 11.6 Å². The van der Waals surface area contributed by atoms with Crippen LogP contribution in [-0.4, -0.2) is 43.2 Å². The van der Waals surface area contributed by atoms with Gasteiger partial charge in [0.05, 0.1) is 17.0 Å². The van der Waals surface area contributed by atoms with Gasteiger partial charge in [0.2, 0.25) is 5.82 Å². The number of hydrogen-bond donors (Lipinski definition) is 0. The zero-order valence-corrected chi connectivity index (χ0v) is 18.2. The van der Waals surface area contributed by atoms with E-state index in [0.29, 0.717) is 35.8 Å². The molecule has 3 aromatic rings. The summed E-state index contributed by atoms with van der Waals surface area (Å²) in [5.74, 6) is 6.61. The van der Waals surface area contributed by atoms with E-state index in [0.717, 1.165) is 24.1 Å². The van der Waals surface area contributed by atoms with Crippen LogP contribution in [0.3, 0.4) is 0 Å². The largest absolute Gasteiger partial charge is 0.458 e. The first-order valence-electron chi connectivity index (χ1n) is 9.70. The zero-order valence-electron chi connectivity index (χ0n) is 16.6. The summed E-state index contributed by atoms with van der Waals surface area (Å²) >= 11 is 7.88. The Kier molecular flexibility index (Phi) is 6.27. The molecule has 0 aromatic carbocycles. The Labute approximate surface area is 182 Å². The Morgan fingerprint density at radius 1 is 1.43 bits per heavy atom. The molecule has 156 valence electrons. The Bertz CT molecular complexity index is 1120. The molecule has 10 heteroatoms. The zero-order chi connectivity index (χ0) is 21.1. The van der Waals surface area contributed by atoms with Gasteiger partial charge in [-0.25, -0.2) is 15.0 Å². The lowest BCUT2D eigenvalue weighted by atomic mass is 10.2. The lowest BCUT2D eigenvalue weighted by Gasteiger charge is -2.21. The number of unbranched alkanes of at least 4 members (excludes halogenated alkanes) is 2. The normalized spacial score (nSPS) is 18.4. The summed E-state index contributed by atoms with van der Waals surface area (Å²) in [6.07, 6.45) is 4.09. The Morgan fingerprint density at radius 2 is 2.30 bits per heavy atom. The van der Waals surface area contributed by atoms with E-state index >= 15 is 0 Å². The third-order valence-corrected chi connectivity index (χ3v) is 5.62. The highest BCUT2D eigenvalue weighted by Crippen LogP contribution is 2.37. The van der Waals surface area contributed by atoms with E-state index in [1.165, 1.54) is 18.3 Å². The molecule has 2 unspecified atom stereocenters. The fraction of sp³-hybridized carbons (Fsp3) is 0.450. The molecule has 30 heavy (non-hydrogen) atoms. The minimum absolute atomic E-state index is 0.214. The second-order valence-corrected chi connectivity index (χ2v) is 8.03. The van der Waals surface area contributed by atoms with Crippen molar-refractivity contribution in [2.45, 2.75) is 51.9 Å². The number of halogens is 1. The summed E-state index contributed by atoms with van der Waals surface area (Å²) in [7, 11) is 0. The van der Waals surface area contributed by atoms with Gasteiger partial charge in [-0.2, -0.15) is 0 Å². The van der Waals surface area contributed by atoms with E-state index in [1.54, 1.807) is 11.7 Å². The minimum Gasteiger partial charge on any atom is -0.458 e. The Hall–Kier alpha value is -2.54. The number of esters is 1. The summed E-state index contributed by atoms with van der Waals surface area (Å²) in [6, 6.07) is 0. The molecule has 0 amide bonds. The highest BCUT2D eigenvalue weighted by molar-refractivity contribution is 7.13. The predicted octanol–water partition coefficient (Wildman–Crippen LogP) is 4.00. The summed E-state index contributed by atoms with van der Waals surface area (Å²) in [5.41, 5.74) is 2.65. The molecule has 0 aliphatic carbocycles. The van der Waals surface area contributed by atoms with Crippen LogP contribution >= 0.6 is 22.9 Å². The highest BCUT2D eigenvalue weighted by atomic mass is 35.5. The molecule has 8 nitrogen and oxygen atoms in total. The van der Waals surface area contributed by atoms with Gasteiger partial charge in [0.15, 0.2) is 22.9 Å². The van der Waals surface area contributed by atoms with Crippen LogP contribution in [0.1, 0.15) is 51.6 Å². The standard InChI is InChI=1S/C20H20ClN5O3S/c1-3-4-5-6-7-15-23-17(21)16-19(24-15)26(18(25-16)14-10-22-11-30-14)20-13(8-9-28-20)29-12(2)27/h10-11,13,20H,3-5,8-9H2,1-2H3. The number of carbonyl (C=O) groups excluding carboxylic acids is 1. The summed E-state index contributed by atoms with van der Waals surface area (Å²) < 4.78 is 13.2. The number of fused-ring (bicyclic) bond motifs is 1. The lowest BCUT2D eigenvalue weighted by molar-refractivity contribution is -0.151. The average Bonchev–Trinajstić information content (AvgIpc) is 3.44. The van der Waals surface area contributed by atoms with E-state index in [9.17, 15) is 4.79 Å². The third-order valence-electron chi connectivity index (χ3n) is 4.59. The third kappa shape index (κ3) is 4.17. The number of carbonyl (C=O) groups is 1. The van der Waals surface area contributed by atoms with Gasteiger partial charge < -0.3 is 9.47 Å². The van der Waals surface area contributed by atoms with Crippen molar-refractivity contribution in [1.29, 1.82) is 0 Å². The molecule has 1 fully saturated rings. The fourth-order valence-corrected chi connectivity index (χ4v) is 4.08. The van der Waals surface area contributed by atoms with Crippen molar-refractivity contribution >= 4 is 40.1 Å². The maximum atomic E-state index is 11.6. The van der Waals surface area contributed by atoms with Crippen LogP contribution in [0.15, 0.2) is 11.7 Å². The molecule has 0 spiro atoms. The van der Waals surface area contributed by atoms with Crippen molar-refractivity contribution in [2.24, 2.45) is 0 Å². The molecular formula is C20H20ClN5O3S. The topological polar surface area (TPSA) is 92.0 Å². The summed E-state index contributed by atoms with van der Waals surface area (Å²) in [6.45, 7) is 3.95.